The maximum Gasteiger partial charge on any atom is 0.330 e. The second-order valence-electron chi connectivity index (χ2n) is 20.4. The highest BCUT2D eigenvalue weighted by Gasteiger charge is 2.55. The summed E-state index contributed by atoms with van der Waals surface area (Å²) in [5.41, 5.74) is -3.93. The van der Waals surface area contributed by atoms with Crippen LogP contribution >= 0.6 is 0 Å². The van der Waals surface area contributed by atoms with Crippen LogP contribution in [0.4, 0.5) is 0 Å². The maximum atomic E-state index is 13.8. The van der Waals surface area contributed by atoms with Gasteiger partial charge in [0.05, 0.1) is 54.9 Å². The van der Waals surface area contributed by atoms with Gasteiger partial charge in [0.25, 0.3) is 0 Å². The number of hydrogen-bond donors (Lipinski definition) is 7. The van der Waals surface area contributed by atoms with Gasteiger partial charge in [-0.1, -0.05) is 46.8 Å². The van der Waals surface area contributed by atoms with Crippen molar-refractivity contribution < 1.29 is 78.4 Å². The predicted octanol–water partition coefficient (Wildman–Crippen LogP) is 3.81. The van der Waals surface area contributed by atoms with Gasteiger partial charge in [0.2, 0.25) is 0 Å². The summed E-state index contributed by atoms with van der Waals surface area (Å²) < 4.78 is 50.6. The summed E-state index contributed by atoms with van der Waals surface area (Å²) in [4.78, 5) is 13.8. The van der Waals surface area contributed by atoms with E-state index in [9.17, 15) is 40.5 Å². The molecule has 2 bridgehead atoms. The number of methoxy groups -OCH3 is 2. The summed E-state index contributed by atoms with van der Waals surface area (Å²) in [6.07, 6.45) is -1.38. The molecule has 5 aliphatic heterocycles. The average Bonchev–Trinajstić information content (AvgIpc) is 3.25. The standard InChI is InChI=1S/C48H82O16/c1-11-33(49)22-34-28(3)16-20-47(63-34)24-36-29(4)37(64-47)25-48(58-10)32(21-27(2)26-59-48)15-13-12-14-18-45(7,55)44(54)42(62-39-23-35(57-9)41(52)31(6)60-39)40(51)30(5)43(53)46(8,56)19-17-38(50)61-36/h13,15,17,19,27-37,39-44,49,51-56H,11-12,14,16,18,20-26H2,1-10H3/b15-13+,19-17+/t27-,28-,29-,30+,31+,32+,33+,34?,35+,36-,37-,39+,40+,41-,42-,43-,44+,45+,46+,47+,48-/m0/s1. The molecule has 16 heteroatoms. The molecular formula is C48H82O16. The Kier molecular flexibility index (Phi) is 18.5. The number of fused-ring (bicyclic) bond motifs is 3. The van der Waals surface area contributed by atoms with Crippen LogP contribution in [-0.4, -0.2) is 159 Å². The van der Waals surface area contributed by atoms with Gasteiger partial charge >= 0.3 is 5.97 Å². The summed E-state index contributed by atoms with van der Waals surface area (Å²) >= 11 is 0. The first-order valence-electron chi connectivity index (χ1n) is 23.8. The summed E-state index contributed by atoms with van der Waals surface area (Å²) in [5.74, 6) is -4.44. The fraction of sp³-hybridized carbons (Fsp3) is 0.896. The van der Waals surface area contributed by atoms with Crippen LogP contribution in [0.2, 0.25) is 0 Å². The van der Waals surface area contributed by atoms with E-state index in [4.69, 9.17) is 37.9 Å². The summed E-state index contributed by atoms with van der Waals surface area (Å²) in [6.45, 7) is 14.4. The van der Waals surface area contributed by atoms with Crippen LogP contribution in [-0.2, 0) is 42.7 Å². The Balaban J connectivity index is 1.51. The second-order valence-corrected chi connectivity index (χ2v) is 20.4. The third kappa shape index (κ3) is 12.5. The zero-order valence-corrected chi connectivity index (χ0v) is 39.9. The van der Waals surface area contributed by atoms with Gasteiger partial charge in [-0.25, -0.2) is 4.79 Å². The Morgan fingerprint density at radius 2 is 1.62 bits per heavy atom. The molecule has 7 N–H and O–H groups in total. The van der Waals surface area contributed by atoms with E-state index in [1.807, 2.05) is 19.9 Å². The van der Waals surface area contributed by atoms with Crippen molar-refractivity contribution >= 4 is 5.97 Å². The fourth-order valence-corrected chi connectivity index (χ4v) is 10.4. The van der Waals surface area contributed by atoms with Crippen LogP contribution < -0.4 is 0 Å². The molecule has 64 heavy (non-hydrogen) atoms. The molecule has 0 aliphatic carbocycles. The van der Waals surface area contributed by atoms with Crippen molar-refractivity contribution in [1.29, 1.82) is 0 Å². The first-order chi connectivity index (χ1) is 30.0. The van der Waals surface area contributed by atoms with Crippen LogP contribution in [0, 0.1) is 29.6 Å². The number of carbonyl (C=O) groups excluding carboxylic acids is 1. The Hall–Kier alpha value is -1.61. The molecule has 1 spiro atoms. The van der Waals surface area contributed by atoms with E-state index < -0.39 is 102 Å². The van der Waals surface area contributed by atoms with Gasteiger partial charge in [-0.2, -0.15) is 0 Å². The normalized spacial score (nSPS) is 49.7. The number of aliphatic hydroxyl groups is 7. The molecule has 4 saturated heterocycles. The van der Waals surface area contributed by atoms with Crippen molar-refractivity contribution in [2.45, 2.75) is 222 Å². The Bertz CT molecular complexity index is 1540. The molecule has 0 saturated carbocycles. The molecule has 1 unspecified atom stereocenters. The summed E-state index contributed by atoms with van der Waals surface area (Å²) in [6, 6.07) is 0. The monoisotopic (exact) mass is 915 g/mol. The highest BCUT2D eigenvalue weighted by molar-refractivity contribution is 5.82. The molecule has 21 atom stereocenters. The van der Waals surface area contributed by atoms with Crippen LogP contribution in [0.25, 0.3) is 0 Å². The highest BCUT2D eigenvalue weighted by Crippen LogP contribution is 2.49. The lowest BCUT2D eigenvalue weighted by Gasteiger charge is -2.54. The molecule has 0 radical (unpaired) electrons. The van der Waals surface area contributed by atoms with Crippen molar-refractivity contribution in [2.24, 2.45) is 29.6 Å². The van der Waals surface area contributed by atoms with Crippen LogP contribution in [0.5, 0.6) is 0 Å². The molecular weight excluding hydrogens is 833 g/mol. The Morgan fingerprint density at radius 3 is 2.30 bits per heavy atom. The molecule has 0 aromatic heterocycles. The second kappa shape index (κ2) is 22.2. The van der Waals surface area contributed by atoms with E-state index in [1.165, 1.54) is 27.9 Å². The Labute approximate surface area is 380 Å². The number of ether oxygens (including phenoxy) is 8. The van der Waals surface area contributed by atoms with Crippen LogP contribution in [0.15, 0.2) is 24.3 Å². The highest BCUT2D eigenvalue weighted by atomic mass is 16.7. The average molecular weight is 915 g/mol. The number of allylic oxidation sites excluding steroid dienone is 1. The molecule has 0 amide bonds. The topological polar surface area (TPSA) is 233 Å². The van der Waals surface area contributed by atoms with Gasteiger partial charge < -0.3 is 73.6 Å². The number of rotatable bonds is 7. The first-order valence-corrected chi connectivity index (χ1v) is 23.8. The van der Waals surface area contributed by atoms with Crippen LogP contribution in [0.1, 0.15) is 126 Å². The van der Waals surface area contributed by atoms with Crippen molar-refractivity contribution in [3.8, 4) is 0 Å². The largest absolute Gasteiger partial charge is 0.459 e. The summed E-state index contributed by atoms with van der Waals surface area (Å²) in [5, 5.41) is 80.2. The smallest absolute Gasteiger partial charge is 0.330 e. The van der Waals surface area contributed by atoms with Gasteiger partial charge in [-0.15, -0.1) is 0 Å². The van der Waals surface area contributed by atoms with E-state index >= 15 is 0 Å². The van der Waals surface area contributed by atoms with Gasteiger partial charge in [0, 0.05) is 63.7 Å². The Morgan fingerprint density at radius 1 is 0.906 bits per heavy atom. The SMILES string of the molecule is CC[C@@H](O)CC1O[C@@]2(CC[C@@H]1C)C[C@@H]1OC(=O)/C=C/[C@@](C)(O)[C@@H](O)[C@H](C)[C@@H](O)[C@H](O[C@@H]3C[C@@H](OC)[C@@H](O)[C@@H](C)O3)[C@@H](O)[C@](C)(O)CCC/C=C/[C@@H]3C[C@H](C)CO[C@@]3(OC)C[C@H](O2)[C@H]1C. The van der Waals surface area contributed by atoms with Gasteiger partial charge in [-0.05, 0) is 83.6 Å². The van der Waals surface area contributed by atoms with E-state index in [0.717, 1.165) is 25.0 Å². The molecule has 370 valence electrons. The lowest BCUT2D eigenvalue weighted by molar-refractivity contribution is -0.364. The minimum atomic E-state index is -2.11. The van der Waals surface area contributed by atoms with Crippen molar-refractivity contribution in [3.05, 3.63) is 24.3 Å². The minimum absolute atomic E-state index is 0.0399. The predicted molar refractivity (Wildman–Crippen MR) is 234 cm³/mol. The van der Waals surface area contributed by atoms with E-state index in [2.05, 4.69) is 19.9 Å². The maximum absolute atomic E-state index is 13.8. The van der Waals surface area contributed by atoms with Gasteiger partial charge in [-0.3, -0.25) is 0 Å². The number of aliphatic hydroxyl groups excluding tert-OH is 5. The molecule has 4 fully saturated rings. The molecule has 0 aromatic carbocycles. The van der Waals surface area contributed by atoms with Gasteiger partial charge in [0.1, 0.15) is 30.0 Å². The van der Waals surface area contributed by atoms with Crippen molar-refractivity contribution in [2.75, 3.05) is 20.8 Å². The third-order valence-electron chi connectivity index (χ3n) is 15.1. The molecule has 16 nitrogen and oxygen atoms in total. The fourth-order valence-electron chi connectivity index (χ4n) is 10.4. The molecule has 0 aromatic rings. The lowest BCUT2D eigenvalue weighted by Crippen LogP contribution is -2.60. The van der Waals surface area contributed by atoms with E-state index in [-0.39, 0.29) is 55.5 Å². The first kappa shape index (κ1) is 53.3. The number of carbonyl (C=O) groups is 1. The zero-order chi connectivity index (χ0) is 47.4. The minimum Gasteiger partial charge on any atom is -0.459 e. The number of hydrogen-bond acceptors (Lipinski definition) is 16. The van der Waals surface area contributed by atoms with Gasteiger partial charge in [0.15, 0.2) is 17.9 Å². The number of esters is 1. The van der Waals surface area contributed by atoms with Crippen molar-refractivity contribution in [3.63, 3.8) is 0 Å². The van der Waals surface area contributed by atoms with Crippen LogP contribution in [0.3, 0.4) is 0 Å². The molecule has 5 aliphatic rings. The molecule has 5 heterocycles. The van der Waals surface area contributed by atoms with Crippen molar-refractivity contribution in [1.82, 2.24) is 0 Å². The third-order valence-corrected chi connectivity index (χ3v) is 15.1. The van der Waals surface area contributed by atoms with E-state index in [1.54, 1.807) is 14.0 Å². The lowest BCUT2D eigenvalue weighted by atomic mass is 9.77. The summed E-state index contributed by atoms with van der Waals surface area (Å²) in [7, 11) is 3.06. The molecule has 5 rings (SSSR count). The quantitative estimate of drug-likeness (QED) is 0.142. The van der Waals surface area contributed by atoms with E-state index in [0.29, 0.717) is 38.7 Å². The zero-order valence-electron chi connectivity index (χ0n) is 39.9.